The average molecular weight is 234 g/mol. The van der Waals surface area contributed by atoms with Gasteiger partial charge in [0.2, 0.25) is 5.16 Å². The first-order valence-corrected chi connectivity index (χ1v) is 6.20. The molecule has 2 aromatic rings. The highest BCUT2D eigenvalue weighted by Gasteiger charge is 2.09. The predicted molar refractivity (Wildman–Crippen MR) is 64.2 cm³/mol. The second-order valence-electron chi connectivity index (χ2n) is 3.77. The standard InChI is InChI=1S/C11H14N4S/c1-9(2)15-11(12-13-14-15)16-8-10-6-4-3-5-7-10/h3-7,9H,8H2,1-2H3. The summed E-state index contributed by atoms with van der Waals surface area (Å²) in [6.07, 6.45) is 0. The Morgan fingerprint density at radius 3 is 2.69 bits per heavy atom. The van der Waals surface area contributed by atoms with Gasteiger partial charge in [0.1, 0.15) is 0 Å². The van der Waals surface area contributed by atoms with E-state index < -0.39 is 0 Å². The predicted octanol–water partition coefficient (Wildman–Crippen LogP) is 2.55. The van der Waals surface area contributed by atoms with Gasteiger partial charge in [0.25, 0.3) is 0 Å². The van der Waals surface area contributed by atoms with Crippen LogP contribution in [-0.2, 0) is 5.75 Å². The van der Waals surface area contributed by atoms with E-state index in [0.717, 1.165) is 10.9 Å². The molecule has 0 saturated carbocycles. The Hall–Kier alpha value is -1.36. The molecule has 1 heterocycles. The first-order chi connectivity index (χ1) is 7.77. The van der Waals surface area contributed by atoms with Crippen molar-refractivity contribution in [2.75, 3.05) is 0 Å². The van der Waals surface area contributed by atoms with Gasteiger partial charge in [0.05, 0.1) is 6.04 Å². The summed E-state index contributed by atoms with van der Waals surface area (Å²) in [6, 6.07) is 10.6. The second kappa shape index (κ2) is 5.12. The monoisotopic (exact) mass is 234 g/mol. The van der Waals surface area contributed by atoms with Gasteiger partial charge in [0.15, 0.2) is 0 Å². The molecule has 0 radical (unpaired) electrons. The highest BCUT2D eigenvalue weighted by Crippen LogP contribution is 2.21. The minimum absolute atomic E-state index is 0.299. The topological polar surface area (TPSA) is 43.6 Å². The van der Waals surface area contributed by atoms with Crippen molar-refractivity contribution in [2.24, 2.45) is 0 Å². The van der Waals surface area contributed by atoms with Crippen LogP contribution in [0.25, 0.3) is 0 Å². The van der Waals surface area contributed by atoms with Crippen molar-refractivity contribution in [3.05, 3.63) is 35.9 Å². The summed E-state index contributed by atoms with van der Waals surface area (Å²) < 4.78 is 1.84. The molecule has 0 atom stereocenters. The van der Waals surface area contributed by atoms with Gasteiger partial charge in [-0.2, -0.15) is 0 Å². The molecule has 5 heteroatoms. The number of hydrogen-bond donors (Lipinski definition) is 0. The van der Waals surface area contributed by atoms with Crippen molar-refractivity contribution in [1.29, 1.82) is 0 Å². The van der Waals surface area contributed by atoms with E-state index in [1.165, 1.54) is 5.56 Å². The molecule has 4 nitrogen and oxygen atoms in total. The molecule has 2 rings (SSSR count). The Balaban J connectivity index is 2.02. The van der Waals surface area contributed by atoms with Gasteiger partial charge < -0.3 is 0 Å². The first kappa shape index (κ1) is 11.1. The van der Waals surface area contributed by atoms with E-state index in [-0.39, 0.29) is 0 Å². The number of benzene rings is 1. The fourth-order valence-electron chi connectivity index (χ4n) is 1.33. The van der Waals surface area contributed by atoms with Gasteiger partial charge in [-0.05, 0) is 29.8 Å². The Morgan fingerprint density at radius 2 is 2.00 bits per heavy atom. The molecule has 1 aromatic heterocycles. The molecule has 16 heavy (non-hydrogen) atoms. The number of hydrogen-bond acceptors (Lipinski definition) is 4. The van der Waals surface area contributed by atoms with Crippen molar-refractivity contribution < 1.29 is 0 Å². The number of aromatic nitrogens is 4. The zero-order chi connectivity index (χ0) is 11.4. The van der Waals surface area contributed by atoms with Crippen LogP contribution < -0.4 is 0 Å². The lowest BCUT2D eigenvalue weighted by molar-refractivity contribution is 0.477. The van der Waals surface area contributed by atoms with Crippen LogP contribution in [0, 0.1) is 0 Å². The van der Waals surface area contributed by atoms with Gasteiger partial charge in [-0.1, -0.05) is 42.1 Å². The van der Waals surface area contributed by atoms with E-state index in [1.54, 1.807) is 11.8 Å². The summed E-state index contributed by atoms with van der Waals surface area (Å²) in [5.74, 6) is 0.897. The Labute approximate surface area is 99.1 Å². The SMILES string of the molecule is CC(C)n1nnnc1SCc1ccccc1. The highest BCUT2D eigenvalue weighted by atomic mass is 32.2. The van der Waals surface area contributed by atoms with E-state index >= 15 is 0 Å². The molecule has 0 spiro atoms. The van der Waals surface area contributed by atoms with Crippen LogP contribution in [0.3, 0.4) is 0 Å². The normalized spacial score (nSPS) is 10.9. The van der Waals surface area contributed by atoms with Crippen molar-refractivity contribution in [2.45, 2.75) is 30.8 Å². The quantitative estimate of drug-likeness (QED) is 0.762. The maximum Gasteiger partial charge on any atom is 0.209 e. The van der Waals surface area contributed by atoms with Gasteiger partial charge in [-0.3, -0.25) is 0 Å². The average Bonchev–Trinajstić information content (AvgIpc) is 2.76. The lowest BCUT2D eigenvalue weighted by Gasteiger charge is -2.06. The maximum absolute atomic E-state index is 4.02. The summed E-state index contributed by atoms with van der Waals surface area (Å²) in [7, 11) is 0. The molecular formula is C11H14N4S. The summed E-state index contributed by atoms with van der Waals surface area (Å²) in [5.41, 5.74) is 1.28. The molecule has 0 amide bonds. The fourth-order valence-corrected chi connectivity index (χ4v) is 2.29. The first-order valence-electron chi connectivity index (χ1n) is 5.22. The van der Waals surface area contributed by atoms with Gasteiger partial charge in [-0.25, -0.2) is 4.68 Å². The molecule has 1 aromatic carbocycles. The molecule has 0 saturated heterocycles. The molecule has 0 aliphatic carbocycles. The van der Waals surface area contributed by atoms with Gasteiger partial charge >= 0.3 is 0 Å². The third kappa shape index (κ3) is 2.61. The fraction of sp³-hybridized carbons (Fsp3) is 0.364. The molecule has 0 bridgehead atoms. The maximum atomic E-state index is 4.02. The van der Waals surface area contributed by atoms with Crippen LogP contribution in [0.1, 0.15) is 25.5 Å². The largest absolute Gasteiger partial charge is 0.218 e. The Kier molecular flexibility index (Phi) is 3.56. The molecule has 0 N–H and O–H groups in total. The number of tetrazole rings is 1. The molecule has 0 aliphatic heterocycles. The third-order valence-electron chi connectivity index (χ3n) is 2.16. The van der Waals surface area contributed by atoms with Crippen molar-refractivity contribution in [3.63, 3.8) is 0 Å². The van der Waals surface area contributed by atoms with Gasteiger partial charge in [-0.15, -0.1) is 5.10 Å². The summed E-state index contributed by atoms with van der Waals surface area (Å²) in [5, 5.41) is 12.6. The number of thioether (sulfide) groups is 1. The minimum Gasteiger partial charge on any atom is -0.218 e. The minimum atomic E-state index is 0.299. The smallest absolute Gasteiger partial charge is 0.209 e. The van der Waals surface area contributed by atoms with Crippen LogP contribution in [0.2, 0.25) is 0 Å². The molecular weight excluding hydrogens is 220 g/mol. The van der Waals surface area contributed by atoms with Crippen LogP contribution in [0.15, 0.2) is 35.5 Å². The van der Waals surface area contributed by atoms with Crippen LogP contribution in [0.4, 0.5) is 0 Å². The lowest BCUT2D eigenvalue weighted by atomic mass is 10.2. The Bertz CT molecular complexity index is 438. The third-order valence-corrected chi connectivity index (χ3v) is 3.17. The summed E-state index contributed by atoms with van der Waals surface area (Å²) in [4.78, 5) is 0. The zero-order valence-corrected chi connectivity index (χ0v) is 10.2. The Morgan fingerprint density at radius 1 is 1.25 bits per heavy atom. The molecule has 0 unspecified atom stereocenters. The van der Waals surface area contributed by atoms with Crippen molar-refractivity contribution in [3.8, 4) is 0 Å². The highest BCUT2D eigenvalue weighted by molar-refractivity contribution is 7.98. The molecule has 0 aliphatic rings. The lowest BCUT2D eigenvalue weighted by Crippen LogP contribution is -2.04. The number of rotatable bonds is 4. The van der Waals surface area contributed by atoms with Gasteiger partial charge in [0, 0.05) is 5.75 Å². The van der Waals surface area contributed by atoms with E-state index in [2.05, 4.69) is 41.5 Å². The molecule has 0 fully saturated rings. The summed E-state index contributed by atoms with van der Waals surface area (Å²) >= 11 is 1.66. The van der Waals surface area contributed by atoms with Crippen LogP contribution in [0.5, 0.6) is 0 Å². The van der Waals surface area contributed by atoms with Crippen LogP contribution >= 0.6 is 11.8 Å². The number of nitrogens with zero attached hydrogens (tertiary/aromatic N) is 4. The van der Waals surface area contributed by atoms with Crippen molar-refractivity contribution >= 4 is 11.8 Å². The zero-order valence-electron chi connectivity index (χ0n) is 9.37. The van der Waals surface area contributed by atoms with Crippen molar-refractivity contribution in [1.82, 2.24) is 20.2 Å². The van der Waals surface area contributed by atoms with E-state index in [9.17, 15) is 0 Å². The van der Waals surface area contributed by atoms with E-state index in [1.807, 2.05) is 22.9 Å². The van der Waals surface area contributed by atoms with Crippen LogP contribution in [-0.4, -0.2) is 20.2 Å². The van der Waals surface area contributed by atoms with E-state index in [0.29, 0.717) is 6.04 Å². The van der Waals surface area contributed by atoms with E-state index in [4.69, 9.17) is 0 Å². The molecule has 84 valence electrons. The second-order valence-corrected chi connectivity index (χ2v) is 4.72. The summed E-state index contributed by atoms with van der Waals surface area (Å²) in [6.45, 7) is 4.14.